The number of hydrogen-bond acceptors (Lipinski definition) is 7. The summed E-state index contributed by atoms with van der Waals surface area (Å²) in [4.78, 5) is 29.3. The molecule has 1 aromatic heterocycles. The first-order chi connectivity index (χ1) is 15.4. The summed E-state index contributed by atoms with van der Waals surface area (Å²) in [5.41, 5.74) is 1.34. The van der Waals surface area contributed by atoms with Crippen LogP contribution in [0.5, 0.6) is 0 Å². The summed E-state index contributed by atoms with van der Waals surface area (Å²) in [6.45, 7) is 8.20. The smallest absolute Gasteiger partial charge is 0.238 e. The predicted molar refractivity (Wildman–Crippen MR) is 128 cm³/mol. The van der Waals surface area contributed by atoms with Crippen LogP contribution < -0.4 is 10.6 Å². The topological polar surface area (TPSA) is 90.7 Å². The van der Waals surface area contributed by atoms with Gasteiger partial charge in [0.05, 0.1) is 11.0 Å². The Morgan fingerprint density at radius 2 is 2.06 bits per heavy atom. The molecule has 32 heavy (non-hydrogen) atoms. The van der Waals surface area contributed by atoms with Crippen molar-refractivity contribution in [3.8, 4) is 0 Å². The molecule has 174 valence electrons. The maximum Gasteiger partial charge on any atom is 0.238 e. The first kappa shape index (κ1) is 24.3. The largest absolute Gasteiger partial charge is 0.360 e. The van der Waals surface area contributed by atoms with Gasteiger partial charge in [0.1, 0.15) is 5.76 Å². The third kappa shape index (κ3) is 7.36. The first-order valence-corrected chi connectivity index (χ1v) is 12.1. The number of carbonyl (C=O) groups is 2. The van der Waals surface area contributed by atoms with E-state index in [1.54, 1.807) is 19.9 Å². The summed E-state index contributed by atoms with van der Waals surface area (Å²) < 4.78 is 4.94. The SMILES string of the molecule is Cc1cc(NC(=O)[C@H](C)SCC(=O)NCCCN2CCN(C)C[C@@H]2c2ccccc2)no1. The molecule has 0 bridgehead atoms. The number of nitrogens with zero attached hydrogens (tertiary/aromatic N) is 3. The van der Waals surface area contributed by atoms with Gasteiger partial charge in [0.15, 0.2) is 5.82 Å². The minimum atomic E-state index is -0.366. The lowest BCUT2D eigenvalue weighted by molar-refractivity contribution is -0.118. The Labute approximate surface area is 194 Å². The normalized spacial score (nSPS) is 18.3. The Hall–Kier alpha value is -2.36. The van der Waals surface area contributed by atoms with Gasteiger partial charge in [0.25, 0.3) is 0 Å². The maximum atomic E-state index is 12.2. The molecule has 9 heteroatoms. The molecule has 2 N–H and O–H groups in total. The summed E-state index contributed by atoms with van der Waals surface area (Å²) >= 11 is 1.30. The third-order valence-electron chi connectivity index (χ3n) is 5.54. The minimum absolute atomic E-state index is 0.0510. The van der Waals surface area contributed by atoms with E-state index in [0.717, 1.165) is 32.6 Å². The van der Waals surface area contributed by atoms with Crippen molar-refractivity contribution in [2.75, 3.05) is 50.8 Å². The molecule has 0 spiro atoms. The van der Waals surface area contributed by atoms with Crippen LogP contribution in [-0.2, 0) is 9.59 Å². The molecule has 2 heterocycles. The van der Waals surface area contributed by atoms with Gasteiger partial charge in [-0.05, 0) is 32.9 Å². The number of amides is 2. The predicted octanol–water partition coefficient (Wildman–Crippen LogP) is 2.54. The van der Waals surface area contributed by atoms with E-state index in [2.05, 4.69) is 56.9 Å². The molecular weight excluding hydrogens is 426 g/mol. The van der Waals surface area contributed by atoms with Gasteiger partial charge < -0.3 is 20.1 Å². The molecular formula is C23H33N5O3S. The highest BCUT2D eigenvalue weighted by Gasteiger charge is 2.26. The van der Waals surface area contributed by atoms with Gasteiger partial charge in [0, 0.05) is 44.8 Å². The van der Waals surface area contributed by atoms with Crippen LogP contribution in [0.3, 0.4) is 0 Å². The fourth-order valence-corrected chi connectivity index (χ4v) is 4.42. The fourth-order valence-electron chi connectivity index (χ4n) is 3.71. The van der Waals surface area contributed by atoms with E-state index in [-0.39, 0.29) is 22.8 Å². The van der Waals surface area contributed by atoms with Crippen molar-refractivity contribution < 1.29 is 14.1 Å². The third-order valence-corrected chi connectivity index (χ3v) is 6.68. The summed E-state index contributed by atoms with van der Waals surface area (Å²) in [7, 11) is 2.17. The zero-order valence-electron chi connectivity index (χ0n) is 19.0. The van der Waals surface area contributed by atoms with Crippen molar-refractivity contribution in [1.82, 2.24) is 20.3 Å². The molecule has 1 aromatic carbocycles. The highest BCUT2D eigenvalue weighted by atomic mass is 32.2. The molecule has 1 aliphatic heterocycles. The second kappa shape index (κ2) is 12.0. The monoisotopic (exact) mass is 459 g/mol. The zero-order valence-corrected chi connectivity index (χ0v) is 19.9. The lowest BCUT2D eigenvalue weighted by Crippen LogP contribution is -2.47. The van der Waals surface area contributed by atoms with Gasteiger partial charge in [-0.1, -0.05) is 35.5 Å². The molecule has 1 fully saturated rings. The highest BCUT2D eigenvalue weighted by molar-refractivity contribution is 8.01. The quantitative estimate of drug-likeness (QED) is 0.528. The van der Waals surface area contributed by atoms with Gasteiger partial charge in [-0.2, -0.15) is 0 Å². The Balaban J connectivity index is 1.35. The van der Waals surface area contributed by atoms with Gasteiger partial charge in [-0.15, -0.1) is 11.8 Å². The molecule has 0 unspecified atom stereocenters. The van der Waals surface area contributed by atoms with Gasteiger partial charge in [-0.25, -0.2) is 0 Å². The summed E-state index contributed by atoms with van der Waals surface area (Å²) in [5.74, 6) is 1.02. The van der Waals surface area contributed by atoms with E-state index >= 15 is 0 Å². The molecule has 2 atom stereocenters. The van der Waals surface area contributed by atoms with Gasteiger partial charge in [-0.3, -0.25) is 14.5 Å². The number of hydrogen-bond donors (Lipinski definition) is 2. The first-order valence-electron chi connectivity index (χ1n) is 11.0. The molecule has 2 aromatic rings. The molecule has 1 saturated heterocycles. The number of thioether (sulfide) groups is 1. The number of aryl methyl sites for hydroxylation is 1. The number of carbonyl (C=O) groups excluding carboxylic acids is 2. The molecule has 1 aliphatic rings. The molecule has 0 aliphatic carbocycles. The van der Waals surface area contributed by atoms with Gasteiger partial charge >= 0.3 is 0 Å². The number of piperazine rings is 1. The number of nitrogens with one attached hydrogen (secondary N) is 2. The van der Waals surface area contributed by atoms with Crippen molar-refractivity contribution >= 4 is 29.4 Å². The number of aromatic nitrogens is 1. The zero-order chi connectivity index (χ0) is 22.9. The Morgan fingerprint density at radius 1 is 1.28 bits per heavy atom. The Kier molecular flexibility index (Phi) is 9.13. The average molecular weight is 460 g/mol. The van der Waals surface area contributed by atoms with Crippen LogP contribution in [-0.4, -0.2) is 77.5 Å². The van der Waals surface area contributed by atoms with Crippen LogP contribution in [0.2, 0.25) is 0 Å². The fraction of sp³-hybridized carbons (Fsp3) is 0.522. The molecule has 2 amide bonds. The minimum Gasteiger partial charge on any atom is -0.360 e. The lowest BCUT2D eigenvalue weighted by atomic mass is 10.0. The van der Waals surface area contributed by atoms with Crippen molar-refractivity contribution in [3.63, 3.8) is 0 Å². The number of anilines is 1. The molecule has 8 nitrogen and oxygen atoms in total. The second-order valence-electron chi connectivity index (χ2n) is 8.19. The van der Waals surface area contributed by atoms with Crippen molar-refractivity contribution in [1.29, 1.82) is 0 Å². The number of benzene rings is 1. The van der Waals surface area contributed by atoms with Crippen molar-refractivity contribution in [3.05, 3.63) is 47.7 Å². The second-order valence-corrected chi connectivity index (χ2v) is 9.52. The van der Waals surface area contributed by atoms with E-state index in [4.69, 9.17) is 4.52 Å². The van der Waals surface area contributed by atoms with E-state index in [1.165, 1.54) is 17.3 Å². The Bertz CT molecular complexity index is 876. The molecule has 0 radical (unpaired) electrons. The molecule has 0 saturated carbocycles. The van der Waals surface area contributed by atoms with E-state index in [1.807, 2.05) is 6.07 Å². The Morgan fingerprint density at radius 3 is 2.78 bits per heavy atom. The van der Waals surface area contributed by atoms with Crippen molar-refractivity contribution in [2.45, 2.75) is 31.6 Å². The van der Waals surface area contributed by atoms with Crippen LogP contribution in [0, 0.1) is 6.92 Å². The molecule has 3 rings (SSSR count). The maximum absolute atomic E-state index is 12.2. The van der Waals surface area contributed by atoms with Crippen LogP contribution in [0.4, 0.5) is 5.82 Å². The average Bonchev–Trinajstić information content (AvgIpc) is 3.20. The van der Waals surface area contributed by atoms with Crippen LogP contribution >= 0.6 is 11.8 Å². The van der Waals surface area contributed by atoms with Crippen LogP contribution in [0.15, 0.2) is 40.9 Å². The van der Waals surface area contributed by atoms with Crippen LogP contribution in [0.1, 0.15) is 30.7 Å². The summed E-state index contributed by atoms with van der Waals surface area (Å²) in [6.07, 6.45) is 0.894. The van der Waals surface area contributed by atoms with Crippen LogP contribution in [0.25, 0.3) is 0 Å². The standard InChI is InChI=1S/C23H33N5O3S/c1-17-14-21(26-31-17)25-23(30)18(2)32-16-22(29)24-10-7-11-28-13-12-27(3)15-20(28)19-8-5-4-6-9-19/h4-6,8-9,14,18,20H,7,10-13,15-16H2,1-3H3,(H,24,29)(H,25,26,30)/t18-,20+/m0/s1. The summed E-state index contributed by atoms with van der Waals surface area (Å²) in [5, 5.41) is 9.05. The van der Waals surface area contributed by atoms with Crippen molar-refractivity contribution in [2.24, 2.45) is 0 Å². The number of likely N-dealkylation sites (N-methyl/N-ethyl adjacent to an activating group) is 1. The van der Waals surface area contributed by atoms with E-state index < -0.39 is 0 Å². The lowest BCUT2D eigenvalue weighted by Gasteiger charge is -2.40. The van der Waals surface area contributed by atoms with Gasteiger partial charge in [0.2, 0.25) is 11.8 Å². The van der Waals surface area contributed by atoms with E-state index in [0.29, 0.717) is 24.2 Å². The van der Waals surface area contributed by atoms with E-state index in [9.17, 15) is 9.59 Å². The number of rotatable bonds is 10. The highest BCUT2D eigenvalue weighted by Crippen LogP contribution is 2.24. The summed E-state index contributed by atoms with van der Waals surface area (Å²) in [6, 6.07) is 12.7.